The quantitative estimate of drug-likeness (QED) is 0.412. The van der Waals surface area contributed by atoms with E-state index in [2.05, 4.69) is 5.32 Å². The van der Waals surface area contributed by atoms with E-state index in [-0.39, 0.29) is 18.2 Å². The van der Waals surface area contributed by atoms with Crippen LogP contribution in [0.15, 0.2) is 78.9 Å². The normalized spacial score (nSPS) is 17.7. The Hall–Kier alpha value is -3.93. The Labute approximate surface area is 193 Å². The second-order valence-corrected chi connectivity index (χ2v) is 8.07. The number of Topliss-reactive ketones (excluding diaryl/α,β-unsaturated/α-hetero) is 1. The van der Waals surface area contributed by atoms with Crippen LogP contribution in [-0.4, -0.2) is 29.2 Å². The number of ketones is 1. The van der Waals surface area contributed by atoms with Gasteiger partial charge in [-0.15, -0.1) is 0 Å². The maximum Gasteiger partial charge on any atom is 0.325 e. The molecule has 1 heterocycles. The largest absolute Gasteiger partial charge is 0.494 e. The summed E-state index contributed by atoms with van der Waals surface area (Å²) >= 11 is 0. The van der Waals surface area contributed by atoms with E-state index in [1.54, 1.807) is 18.2 Å². The first-order valence-corrected chi connectivity index (χ1v) is 10.9. The molecule has 1 fully saturated rings. The number of urea groups is 1. The molecule has 3 amide bonds. The Bertz CT molecular complexity index is 1180. The van der Waals surface area contributed by atoms with Gasteiger partial charge < -0.3 is 10.1 Å². The lowest BCUT2D eigenvalue weighted by atomic mass is 9.83. The van der Waals surface area contributed by atoms with E-state index in [0.29, 0.717) is 29.9 Å². The van der Waals surface area contributed by atoms with Crippen molar-refractivity contribution in [1.82, 2.24) is 10.2 Å². The van der Waals surface area contributed by atoms with E-state index >= 15 is 0 Å². The number of amides is 3. The third-order valence-electron chi connectivity index (χ3n) is 5.85. The first-order chi connectivity index (χ1) is 15.9. The van der Waals surface area contributed by atoms with Crippen LogP contribution in [0.2, 0.25) is 0 Å². The summed E-state index contributed by atoms with van der Waals surface area (Å²) in [6.07, 6.45) is 0.324. The van der Waals surface area contributed by atoms with Crippen molar-refractivity contribution in [3.05, 3.63) is 101 Å². The van der Waals surface area contributed by atoms with Crippen molar-refractivity contribution in [2.45, 2.75) is 32.4 Å². The lowest BCUT2D eigenvalue weighted by Gasteiger charge is -2.27. The van der Waals surface area contributed by atoms with Gasteiger partial charge in [0, 0.05) is 17.5 Å². The number of carbonyl (C=O) groups is 3. The maximum atomic E-state index is 13.9. The van der Waals surface area contributed by atoms with Gasteiger partial charge in [0.15, 0.2) is 11.3 Å². The van der Waals surface area contributed by atoms with Crippen LogP contribution in [0.4, 0.5) is 4.79 Å². The Balaban J connectivity index is 1.73. The summed E-state index contributed by atoms with van der Waals surface area (Å²) in [4.78, 5) is 40.1. The number of carbonyl (C=O) groups excluding carboxylic acids is 3. The van der Waals surface area contributed by atoms with Crippen molar-refractivity contribution in [1.29, 1.82) is 0 Å². The van der Waals surface area contributed by atoms with Crippen LogP contribution in [0.5, 0.6) is 5.75 Å². The average molecular weight is 443 g/mol. The molecule has 0 bridgehead atoms. The van der Waals surface area contributed by atoms with Gasteiger partial charge in [-0.05, 0) is 43.2 Å². The fourth-order valence-corrected chi connectivity index (χ4v) is 4.20. The van der Waals surface area contributed by atoms with Crippen molar-refractivity contribution in [2.75, 3.05) is 6.61 Å². The van der Waals surface area contributed by atoms with Gasteiger partial charge in [0.25, 0.3) is 5.91 Å². The van der Waals surface area contributed by atoms with Gasteiger partial charge in [-0.2, -0.15) is 0 Å². The second kappa shape index (κ2) is 9.28. The van der Waals surface area contributed by atoms with Crippen LogP contribution in [0, 0.1) is 0 Å². The highest BCUT2D eigenvalue weighted by Gasteiger charge is 2.52. The predicted octanol–water partition coefficient (Wildman–Crippen LogP) is 4.48. The van der Waals surface area contributed by atoms with Crippen molar-refractivity contribution in [3.8, 4) is 5.75 Å². The minimum Gasteiger partial charge on any atom is -0.494 e. The molecule has 1 N–H and O–H groups in total. The second-order valence-electron chi connectivity index (χ2n) is 8.07. The van der Waals surface area contributed by atoms with Crippen LogP contribution in [0.3, 0.4) is 0 Å². The Kier molecular flexibility index (Phi) is 6.27. The summed E-state index contributed by atoms with van der Waals surface area (Å²) in [5, 5.41) is 2.97. The minimum atomic E-state index is -1.22. The summed E-state index contributed by atoms with van der Waals surface area (Å²) in [5.41, 5.74) is 1.54. The molecule has 3 aromatic rings. The van der Waals surface area contributed by atoms with Crippen LogP contribution >= 0.6 is 0 Å². The van der Waals surface area contributed by atoms with Gasteiger partial charge in [-0.25, -0.2) is 4.79 Å². The van der Waals surface area contributed by atoms with Gasteiger partial charge in [-0.3, -0.25) is 14.5 Å². The molecule has 6 heteroatoms. The minimum absolute atomic E-state index is 0.00446. The van der Waals surface area contributed by atoms with Crippen LogP contribution in [0.25, 0.3) is 0 Å². The third-order valence-corrected chi connectivity index (χ3v) is 5.85. The molecule has 33 heavy (non-hydrogen) atoms. The Morgan fingerprint density at radius 1 is 0.970 bits per heavy atom. The van der Waals surface area contributed by atoms with E-state index in [9.17, 15) is 14.4 Å². The SMILES string of the molecule is CCOc1ccc(C(C)=O)cc1CN1C(=O)N[C@@](Cc2ccccc2)(c2ccccc2)C1=O. The standard InChI is InChI=1S/C27H26N2O4/c1-3-33-24-15-14-21(19(2)30)16-22(24)18-29-25(31)27(28-26(29)32,23-12-8-5-9-13-23)17-20-10-6-4-7-11-20/h4-16H,3,17-18H2,1-2H3,(H,28,32)/t27-/m0/s1. The lowest BCUT2D eigenvalue weighted by Crippen LogP contribution is -2.46. The fraction of sp³-hybridized carbons (Fsp3) is 0.222. The van der Waals surface area contributed by atoms with Crippen molar-refractivity contribution in [2.24, 2.45) is 0 Å². The topological polar surface area (TPSA) is 75.7 Å². The molecule has 0 saturated carbocycles. The lowest BCUT2D eigenvalue weighted by molar-refractivity contribution is -0.132. The highest BCUT2D eigenvalue weighted by molar-refractivity contribution is 6.07. The number of hydrogen-bond acceptors (Lipinski definition) is 4. The summed E-state index contributed by atoms with van der Waals surface area (Å²) < 4.78 is 5.70. The first-order valence-electron chi connectivity index (χ1n) is 10.9. The van der Waals surface area contributed by atoms with E-state index in [1.807, 2.05) is 67.6 Å². The number of nitrogens with zero attached hydrogens (tertiary/aromatic N) is 1. The van der Waals surface area contributed by atoms with E-state index in [0.717, 1.165) is 11.1 Å². The van der Waals surface area contributed by atoms with Gasteiger partial charge in [0.05, 0.1) is 13.2 Å². The summed E-state index contributed by atoms with van der Waals surface area (Å²) in [6.45, 7) is 3.77. The molecule has 4 rings (SSSR count). The molecule has 1 atom stereocenters. The molecule has 0 unspecified atom stereocenters. The highest BCUT2D eigenvalue weighted by Crippen LogP contribution is 2.35. The van der Waals surface area contributed by atoms with Gasteiger partial charge in [-0.1, -0.05) is 60.7 Å². The molecule has 0 aromatic heterocycles. The van der Waals surface area contributed by atoms with Crippen molar-refractivity contribution < 1.29 is 19.1 Å². The molecule has 168 valence electrons. The zero-order valence-corrected chi connectivity index (χ0v) is 18.7. The number of ether oxygens (including phenoxy) is 1. The molecular weight excluding hydrogens is 416 g/mol. The number of imide groups is 1. The zero-order chi connectivity index (χ0) is 23.4. The molecule has 1 aliphatic heterocycles. The van der Waals surface area contributed by atoms with Gasteiger partial charge in [0.1, 0.15) is 5.75 Å². The maximum absolute atomic E-state index is 13.9. The molecular formula is C27H26N2O4. The van der Waals surface area contributed by atoms with Gasteiger partial charge >= 0.3 is 6.03 Å². The van der Waals surface area contributed by atoms with Crippen LogP contribution in [0.1, 0.15) is 40.9 Å². The average Bonchev–Trinajstić information content (AvgIpc) is 3.06. The summed E-state index contributed by atoms with van der Waals surface area (Å²) in [6, 6.07) is 23.5. The fourth-order valence-electron chi connectivity index (χ4n) is 4.20. The predicted molar refractivity (Wildman–Crippen MR) is 125 cm³/mol. The summed E-state index contributed by atoms with van der Waals surface area (Å²) in [5.74, 6) is 0.112. The molecule has 0 radical (unpaired) electrons. The molecule has 6 nitrogen and oxygen atoms in total. The third kappa shape index (κ3) is 4.37. The molecule has 0 spiro atoms. The monoisotopic (exact) mass is 442 g/mol. The smallest absolute Gasteiger partial charge is 0.325 e. The number of benzene rings is 3. The van der Waals surface area contributed by atoms with E-state index in [4.69, 9.17) is 4.74 Å². The van der Waals surface area contributed by atoms with Crippen molar-refractivity contribution >= 4 is 17.7 Å². The molecule has 1 saturated heterocycles. The zero-order valence-electron chi connectivity index (χ0n) is 18.7. The van der Waals surface area contributed by atoms with Crippen LogP contribution < -0.4 is 10.1 Å². The van der Waals surface area contributed by atoms with Crippen LogP contribution in [-0.2, 0) is 23.3 Å². The number of rotatable bonds is 8. The number of hydrogen-bond donors (Lipinski definition) is 1. The number of nitrogens with one attached hydrogen (secondary N) is 1. The van der Waals surface area contributed by atoms with Gasteiger partial charge in [0.2, 0.25) is 0 Å². The van der Waals surface area contributed by atoms with E-state index < -0.39 is 11.6 Å². The highest BCUT2D eigenvalue weighted by atomic mass is 16.5. The molecule has 0 aliphatic carbocycles. The summed E-state index contributed by atoms with van der Waals surface area (Å²) in [7, 11) is 0. The first kappa shape index (κ1) is 22.3. The Morgan fingerprint density at radius 3 is 2.27 bits per heavy atom. The molecule has 1 aliphatic rings. The Morgan fingerprint density at radius 2 is 1.64 bits per heavy atom. The van der Waals surface area contributed by atoms with Crippen molar-refractivity contribution in [3.63, 3.8) is 0 Å². The van der Waals surface area contributed by atoms with E-state index in [1.165, 1.54) is 11.8 Å². The molecule has 3 aromatic carbocycles.